The Hall–Kier alpha value is -3.77. The maximum atomic E-state index is 12.7. The second-order valence-electron chi connectivity index (χ2n) is 8.71. The number of aromatic nitrogens is 2. The number of hydrogen-bond acceptors (Lipinski definition) is 8. The fourth-order valence-electron chi connectivity index (χ4n) is 3.73. The van der Waals surface area contributed by atoms with E-state index in [0.717, 1.165) is 22.7 Å². The maximum absolute atomic E-state index is 12.7. The standard InChI is InChI=1S/C27H24F3N3O4S2/c1-15-12-18(32-33(15)3)6-9-21(34)23-10-11-24(39-23)22(35)13-31-16(2)20-14-38-26(25(20)36)17-4-7-19(8-5-17)37-27(28,29)30/h4-5,7-8,10-12,14,36H,6,9,13H2,1-3H3. The molecule has 0 bridgehead atoms. The van der Waals surface area contributed by atoms with Crippen molar-refractivity contribution in [2.24, 2.45) is 12.0 Å². The molecule has 0 unspecified atom stereocenters. The summed E-state index contributed by atoms with van der Waals surface area (Å²) in [5.74, 6) is -0.754. The fraction of sp³-hybridized carbons (Fsp3) is 0.259. The van der Waals surface area contributed by atoms with Gasteiger partial charge < -0.3 is 9.84 Å². The first-order valence-electron chi connectivity index (χ1n) is 11.7. The summed E-state index contributed by atoms with van der Waals surface area (Å²) in [6, 6.07) is 10.4. The number of rotatable bonds is 10. The summed E-state index contributed by atoms with van der Waals surface area (Å²) in [6.07, 6.45) is -3.98. The molecule has 0 saturated carbocycles. The molecule has 0 fully saturated rings. The molecule has 0 atom stereocenters. The molecule has 4 rings (SSSR count). The van der Waals surface area contributed by atoms with Gasteiger partial charge in [-0.2, -0.15) is 5.10 Å². The number of nitrogens with zero attached hydrogens (tertiary/aromatic N) is 3. The molecule has 0 aliphatic rings. The van der Waals surface area contributed by atoms with Crippen molar-refractivity contribution in [2.75, 3.05) is 6.54 Å². The van der Waals surface area contributed by atoms with E-state index in [-0.39, 0.29) is 29.6 Å². The van der Waals surface area contributed by atoms with Gasteiger partial charge in [0, 0.05) is 35.8 Å². The number of carbonyl (C=O) groups excluding carboxylic acids is 2. The van der Waals surface area contributed by atoms with E-state index in [9.17, 15) is 27.9 Å². The molecular formula is C27H24F3N3O4S2. The van der Waals surface area contributed by atoms with Gasteiger partial charge in [-0.15, -0.1) is 35.8 Å². The third-order valence-corrected chi connectivity index (χ3v) is 8.08. The van der Waals surface area contributed by atoms with E-state index in [1.54, 1.807) is 29.1 Å². The minimum atomic E-state index is -4.79. The van der Waals surface area contributed by atoms with Crippen molar-refractivity contribution in [3.8, 4) is 21.9 Å². The van der Waals surface area contributed by atoms with Gasteiger partial charge in [0.1, 0.15) is 18.0 Å². The molecule has 3 aromatic heterocycles. The molecule has 12 heteroatoms. The number of benzene rings is 1. The summed E-state index contributed by atoms with van der Waals surface area (Å²) >= 11 is 2.33. The number of hydrogen-bond donors (Lipinski definition) is 1. The van der Waals surface area contributed by atoms with Crippen LogP contribution in [0.2, 0.25) is 0 Å². The molecule has 39 heavy (non-hydrogen) atoms. The predicted molar refractivity (Wildman–Crippen MR) is 144 cm³/mol. The maximum Gasteiger partial charge on any atom is 0.573 e. The number of ether oxygens (including phenoxy) is 1. The molecule has 0 radical (unpaired) electrons. The number of Topliss-reactive ketones (excluding diaryl/α,β-unsaturated/α-hetero) is 2. The number of aryl methyl sites for hydroxylation is 3. The lowest BCUT2D eigenvalue weighted by molar-refractivity contribution is -0.274. The third-order valence-electron chi connectivity index (χ3n) is 5.89. The number of halogens is 3. The zero-order valence-electron chi connectivity index (χ0n) is 21.2. The first kappa shape index (κ1) is 28.2. The number of aromatic hydroxyl groups is 1. The molecule has 0 aliphatic heterocycles. The molecule has 0 saturated heterocycles. The molecule has 4 aromatic rings. The van der Waals surface area contributed by atoms with Crippen LogP contribution >= 0.6 is 22.7 Å². The van der Waals surface area contributed by atoms with Crippen molar-refractivity contribution in [1.29, 1.82) is 0 Å². The first-order valence-corrected chi connectivity index (χ1v) is 13.4. The second kappa shape index (κ2) is 11.5. The van der Waals surface area contributed by atoms with Crippen molar-refractivity contribution in [2.45, 2.75) is 33.1 Å². The summed E-state index contributed by atoms with van der Waals surface area (Å²) in [7, 11) is 1.85. The Morgan fingerprint density at radius 2 is 1.77 bits per heavy atom. The number of aliphatic imine (C=N–C) groups is 1. The highest BCUT2D eigenvalue weighted by Gasteiger charge is 2.31. The summed E-state index contributed by atoms with van der Waals surface area (Å²) < 4.78 is 42.8. The van der Waals surface area contributed by atoms with Gasteiger partial charge in [0.2, 0.25) is 0 Å². The van der Waals surface area contributed by atoms with E-state index in [0.29, 0.717) is 44.3 Å². The van der Waals surface area contributed by atoms with Crippen LogP contribution in [0.1, 0.15) is 49.6 Å². The molecule has 3 heterocycles. The molecule has 1 aromatic carbocycles. The van der Waals surface area contributed by atoms with Crippen molar-refractivity contribution in [3.05, 3.63) is 74.6 Å². The molecular weight excluding hydrogens is 551 g/mol. The molecule has 0 spiro atoms. The van der Waals surface area contributed by atoms with E-state index in [1.807, 2.05) is 20.0 Å². The Morgan fingerprint density at radius 3 is 2.38 bits per heavy atom. The average Bonchev–Trinajstić information content (AvgIpc) is 3.60. The largest absolute Gasteiger partial charge is 0.573 e. The molecule has 1 N–H and O–H groups in total. The zero-order chi connectivity index (χ0) is 28.3. The number of alkyl halides is 3. The highest BCUT2D eigenvalue weighted by atomic mass is 32.1. The molecule has 0 amide bonds. The fourth-order valence-corrected chi connectivity index (χ4v) is 5.65. The van der Waals surface area contributed by atoms with E-state index in [1.165, 1.54) is 35.6 Å². The van der Waals surface area contributed by atoms with Gasteiger partial charge in [0.05, 0.1) is 20.3 Å². The minimum absolute atomic E-state index is 0.0595. The lowest BCUT2D eigenvalue weighted by atomic mass is 10.1. The predicted octanol–water partition coefficient (Wildman–Crippen LogP) is 6.63. The molecule has 204 valence electrons. The molecule has 0 aliphatic carbocycles. The number of thiophene rings is 2. The Bertz CT molecular complexity index is 1510. The van der Waals surface area contributed by atoms with E-state index in [2.05, 4.69) is 14.8 Å². The summed E-state index contributed by atoms with van der Waals surface area (Å²) in [6.45, 7) is 3.43. The minimum Gasteiger partial charge on any atom is -0.506 e. The number of ketones is 2. The third kappa shape index (κ3) is 7.01. The van der Waals surface area contributed by atoms with E-state index >= 15 is 0 Å². The van der Waals surface area contributed by atoms with Crippen LogP contribution < -0.4 is 4.74 Å². The number of carbonyl (C=O) groups is 2. The van der Waals surface area contributed by atoms with Crippen LogP contribution in [0.4, 0.5) is 13.2 Å². The topological polar surface area (TPSA) is 93.8 Å². The second-order valence-corrected chi connectivity index (χ2v) is 10.7. The van der Waals surface area contributed by atoms with Gasteiger partial charge >= 0.3 is 6.36 Å². The van der Waals surface area contributed by atoms with E-state index < -0.39 is 6.36 Å². The Kier molecular flexibility index (Phi) is 8.36. The Balaban J connectivity index is 1.37. The van der Waals surface area contributed by atoms with Crippen molar-refractivity contribution in [3.63, 3.8) is 0 Å². The van der Waals surface area contributed by atoms with Gasteiger partial charge in [-0.25, -0.2) is 0 Å². The van der Waals surface area contributed by atoms with Crippen LogP contribution in [0.15, 0.2) is 52.8 Å². The van der Waals surface area contributed by atoms with Crippen LogP contribution in [0.5, 0.6) is 11.5 Å². The van der Waals surface area contributed by atoms with Gasteiger partial charge in [0.25, 0.3) is 0 Å². The van der Waals surface area contributed by atoms with Gasteiger partial charge in [-0.05, 0) is 68.3 Å². The van der Waals surface area contributed by atoms with Crippen LogP contribution in [-0.2, 0) is 13.5 Å². The van der Waals surface area contributed by atoms with Crippen LogP contribution in [0, 0.1) is 6.92 Å². The van der Waals surface area contributed by atoms with Crippen molar-refractivity contribution < 1.29 is 32.6 Å². The highest BCUT2D eigenvalue weighted by Crippen LogP contribution is 2.39. The first-order chi connectivity index (χ1) is 18.4. The monoisotopic (exact) mass is 575 g/mol. The smallest absolute Gasteiger partial charge is 0.506 e. The van der Waals surface area contributed by atoms with Crippen molar-refractivity contribution >= 4 is 40.0 Å². The summed E-state index contributed by atoms with van der Waals surface area (Å²) in [5, 5.41) is 16.7. The quantitative estimate of drug-likeness (QED) is 0.169. The summed E-state index contributed by atoms with van der Waals surface area (Å²) in [5.41, 5.74) is 3.21. The Morgan fingerprint density at radius 1 is 1.10 bits per heavy atom. The lowest BCUT2D eigenvalue weighted by Gasteiger charge is -2.09. The van der Waals surface area contributed by atoms with Crippen molar-refractivity contribution in [1.82, 2.24) is 9.78 Å². The van der Waals surface area contributed by atoms with Crippen LogP contribution in [-0.4, -0.2) is 45.1 Å². The van der Waals surface area contributed by atoms with Gasteiger partial charge in [-0.1, -0.05) is 0 Å². The lowest BCUT2D eigenvalue weighted by Crippen LogP contribution is -2.16. The Labute approximate surface area is 230 Å². The van der Waals surface area contributed by atoms with Gasteiger partial charge in [-0.3, -0.25) is 19.3 Å². The average molecular weight is 576 g/mol. The van der Waals surface area contributed by atoms with Crippen LogP contribution in [0.25, 0.3) is 10.4 Å². The van der Waals surface area contributed by atoms with Gasteiger partial charge in [0.15, 0.2) is 11.6 Å². The molecule has 7 nitrogen and oxygen atoms in total. The van der Waals surface area contributed by atoms with Crippen LogP contribution in [0.3, 0.4) is 0 Å². The SMILES string of the molecule is CC(=NCC(=O)c1ccc(C(=O)CCc2cc(C)n(C)n2)s1)c1csc(-c2ccc(OC(F)(F)F)cc2)c1O. The zero-order valence-corrected chi connectivity index (χ0v) is 22.8. The highest BCUT2D eigenvalue weighted by molar-refractivity contribution is 7.16. The normalized spacial score (nSPS) is 12.1. The summed E-state index contributed by atoms with van der Waals surface area (Å²) in [4.78, 5) is 31.0. The van der Waals surface area contributed by atoms with E-state index in [4.69, 9.17) is 0 Å².